The minimum Gasteiger partial charge on any atom is -0.465 e. The lowest BCUT2D eigenvalue weighted by Gasteiger charge is -2.33. The van der Waals surface area contributed by atoms with Crippen LogP contribution in [0.5, 0.6) is 0 Å². The standard InChI is InChI=1S/C14H18N4O2/c1-11-3-4-13(20-11)9-17-5-6-18(14(19)10-17)12-7-15-16(2)8-12/h3-4,7-8H,5-6,9-10H2,1-2H3. The van der Waals surface area contributed by atoms with Crippen LogP contribution in [-0.2, 0) is 18.4 Å². The molecule has 0 saturated carbocycles. The molecular formula is C14H18N4O2. The summed E-state index contributed by atoms with van der Waals surface area (Å²) in [4.78, 5) is 16.1. The van der Waals surface area contributed by atoms with Gasteiger partial charge in [0.15, 0.2) is 0 Å². The molecule has 1 aliphatic heterocycles. The van der Waals surface area contributed by atoms with Gasteiger partial charge in [-0.15, -0.1) is 0 Å². The Bertz CT molecular complexity index is 616. The van der Waals surface area contributed by atoms with Crippen LogP contribution in [0.4, 0.5) is 5.69 Å². The molecule has 2 aromatic heterocycles. The molecule has 0 aromatic carbocycles. The quantitative estimate of drug-likeness (QED) is 0.843. The zero-order valence-electron chi connectivity index (χ0n) is 11.7. The Kier molecular flexibility index (Phi) is 3.31. The number of nitrogens with zero attached hydrogens (tertiary/aromatic N) is 4. The first-order valence-electron chi connectivity index (χ1n) is 6.68. The zero-order chi connectivity index (χ0) is 14.1. The van der Waals surface area contributed by atoms with E-state index in [2.05, 4.69) is 10.00 Å². The molecule has 6 nitrogen and oxygen atoms in total. The number of amides is 1. The third-order valence-corrected chi connectivity index (χ3v) is 3.48. The summed E-state index contributed by atoms with van der Waals surface area (Å²) in [6.45, 7) is 4.54. The van der Waals surface area contributed by atoms with Gasteiger partial charge in [0.1, 0.15) is 11.5 Å². The maximum atomic E-state index is 12.2. The Hall–Kier alpha value is -2.08. The summed E-state index contributed by atoms with van der Waals surface area (Å²) in [6, 6.07) is 3.91. The third-order valence-electron chi connectivity index (χ3n) is 3.48. The van der Waals surface area contributed by atoms with Gasteiger partial charge in [0.2, 0.25) is 5.91 Å². The number of furan rings is 1. The van der Waals surface area contributed by atoms with Crippen LogP contribution in [0.1, 0.15) is 11.5 Å². The van der Waals surface area contributed by atoms with Gasteiger partial charge in [-0.25, -0.2) is 0 Å². The van der Waals surface area contributed by atoms with Crippen molar-refractivity contribution in [2.75, 3.05) is 24.5 Å². The topological polar surface area (TPSA) is 54.5 Å². The third kappa shape index (κ3) is 2.60. The second-order valence-electron chi connectivity index (χ2n) is 5.14. The fourth-order valence-corrected chi connectivity index (χ4v) is 2.47. The summed E-state index contributed by atoms with van der Waals surface area (Å²) >= 11 is 0. The van der Waals surface area contributed by atoms with Crippen molar-refractivity contribution in [3.8, 4) is 0 Å². The van der Waals surface area contributed by atoms with Crippen LogP contribution in [0.15, 0.2) is 28.9 Å². The highest BCUT2D eigenvalue weighted by atomic mass is 16.3. The van der Waals surface area contributed by atoms with E-state index in [1.807, 2.05) is 32.3 Å². The molecule has 0 N–H and O–H groups in total. The molecule has 0 unspecified atom stereocenters. The zero-order valence-corrected chi connectivity index (χ0v) is 11.7. The van der Waals surface area contributed by atoms with E-state index in [-0.39, 0.29) is 5.91 Å². The number of hydrogen-bond acceptors (Lipinski definition) is 4. The number of carbonyl (C=O) groups excluding carboxylic acids is 1. The fourth-order valence-electron chi connectivity index (χ4n) is 2.47. The van der Waals surface area contributed by atoms with Crippen molar-refractivity contribution in [1.82, 2.24) is 14.7 Å². The summed E-state index contributed by atoms with van der Waals surface area (Å²) in [5.74, 6) is 1.91. The normalized spacial score (nSPS) is 16.9. The molecule has 1 aliphatic rings. The molecule has 3 heterocycles. The highest BCUT2D eigenvalue weighted by molar-refractivity contribution is 5.95. The van der Waals surface area contributed by atoms with Crippen molar-refractivity contribution in [2.24, 2.45) is 7.05 Å². The van der Waals surface area contributed by atoms with Crippen LogP contribution >= 0.6 is 0 Å². The van der Waals surface area contributed by atoms with Crippen LogP contribution in [-0.4, -0.2) is 40.2 Å². The molecule has 0 radical (unpaired) electrons. The predicted molar refractivity (Wildman–Crippen MR) is 74.3 cm³/mol. The lowest BCUT2D eigenvalue weighted by atomic mass is 10.2. The van der Waals surface area contributed by atoms with E-state index in [1.165, 1.54) is 0 Å². The van der Waals surface area contributed by atoms with Crippen LogP contribution < -0.4 is 4.90 Å². The highest BCUT2D eigenvalue weighted by Gasteiger charge is 2.26. The molecule has 20 heavy (non-hydrogen) atoms. The molecule has 106 valence electrons. The lowest BCUT2D eigenvalue weighted by molar-refractivity contribution is -0.121. The maximum Gasteiger partial charge on any atom is 0.241 e. The van der Waals surface area contributed by atoms with Crippen molar-refractivity contribution < 1.29 is 9.21 Å². The van der Waals surface area contributed by atoms with Gasteiger partial charge in [-0.1, -0.05) is 0 Å². The first-order valence-corrected chi connectivity index (χ1v) is 6.68. The van der Waals surface area contributed by atoms with Crippen LogP contribution in [0, 0.1) is 6.92 Å². The summed E-state index contributed by atoms with van der Waals surface area (Å²) in [7, 11) is 1.85. The molecular weight excluding hydrogens is 256 g/mol. The van der Waals surface area contributed by atoms with Crippen LogP contribution in [0.2, 0.25) is 0 Å². The molecule has 1 saturated heterocycles. The van der Waals surface area contributed by atoms with E-state index in [0.29, 0.717) is 19.6 Å². The lowest BCUT2D eigenvalue weighted by Crippen LogP contribution is -2.50. The van der Waals surface area contributed by atoms with Gasteiger partial charge in [0, 0.05) is 26.3 Å². The van der Waals surface area contributed by atoms with E-state index < -0.39 is 0 Å². The van der Waals surface area contributed by atoms with E-state index in [4.69, 9.17) is 4.42 Å². The van der Waals surface area contributed by atoms with Crippen LogP contribution in [0.3, 0.4) is 0 Å². The van der Waals surface area contributed by atoms with E-state index in [1.54, 1.807) is 15.8 Å². The van der Waals surface area contributed by atoms with Crippen molar-refractivity contribution in [3.63, 3.8) is 0 Å². The molecule has 0 aliphatic carbocycles. The minimum absolute atomic E-state index is 0.104. The van der Waals surface area contributed by atoms with Gasteiger partial charge in [-0.3, -0.25) is 14.4 Å². The molecule has 3 rings (SSSR count). The van der Waals surface area contributed by atoms with Gasteiger partial charge in [-0.05, 0) is 19.1 Å². The van der Waals surface area contributed by atoms with E-state index >= 15 is 0 Å². The van der Waals surface area contributed by atoms with Gasteiger partial charge in [0.25, 0.3) is 0 Å². The maximum absolute atomic E-state index is 12.2. The second kappa shape index (κ2) is 5.13. The van der Waals surface area contributed by atoms with Crippen molar-refractivity contribution >= 4 is 11.6 Å². The monoisotopic (exact) mass is 274 g/mol. The van der Waals surface area contributed by atoms with E-state index in [0.717, 1.165) is 23.8 Å². The summed E-state index contributed by atoms with van der Waals surface area (Å²) in [5, 5.41) is 4.11. The molecule has 1 amide bonds. The van der Waals surface area contributed by atoms with Gasteiger partial charge in [0.05, 0.1) is 25.0 Å². The molecule has 0 bridgehead atoms. The molecule has 6 heteroatoms. The smallest absolute Gasteiger partial charge is 0.241 e. The first kappa shape index (κ1) is 12.9. The fraction of sp³-hybridized carbons (Fsp3) is 0.429. The van der Waals surface area contributed by atoms with Crippen molar-refractivity contribution in [2.45, 2.75) is 13.5 Å². The Morgan fingerprint density at radius 1 is 1.35 bits per heavy atom. The van der Waals surface area contributed by atoms with Crippen LogP contribution in [0.25, 0.3) is 0 Å². The number of anilines is 1. The van der Waals surface area contributed by atoms with E-state index in [9.17, 15) is 4.79 Å². The summed E-state index contributed by atoms with van der Waals surface area (Å²) in [6.07, 6.45) is 3.59. The number of hydrogen-bond donors (Lipinski definition) is 0. The molecule has 0 spiro atoms. The average Bonchev–Trinajstić information content (AvgIpc) is 2.99. The summed E-state index contributed by atoms with van der Waals surface area (Å²) in [5.41, 5.74) is 0.867. The Morgan fingerprint density at radius 3 is 2.80 bits per heavy atom. The highest BCUT2D eigenvalue weighted by Crippen LogP contribution is 2.17. The number of rotatable bonds is 3. The number of aromatic nitrogens is 2. The SMILES string of the molecule is Cc1ccc(CN2CCN(c3cnn(C)c3)C(=O)C2)o1. The first-order chi connectivity index (χ1) is 9.61. The number of aryl methyl sites for hydroxylation is 2. The summed E-state index contributed by atoms with van der Waals surface area (Å²) < 4.78 is 7.27. The Morgan fingerprint density at radius 2 is 2.20 bits per heavy atom. The second-order valence-corrected chi connectivity index (χ2v) is 5.14. The average molecular weight is 274 g/mol. The Balaban J connectivity index is 1.63. The number of carbonyl (C=O) groups is 1. The molecule has 0 atom stereocenters. The predicted octanol–water partition coefficient (Wildman–Crippen LogP) is 1.17. The van der Waals surface area contributed by atoms with Crippen molar-refractivity contribution in [3.05, 3.63) is 36.0 Å². The molecule has 1 fully saturated rings. The van der Waals surface area contributed by atoms with Gasteiger partial charge in [-0.2, -0.15) is 5.10 Å². The van der Waals surface area contributed by atoms with Gasteiger partial charge < -0.3 is 9.32 Å². The number of piperazine rings is 1. The molecule has 2 aromatic rings. The van der Waals surface area contributed by atoms with Gasteiger partial charge >= 0.3 is 0 Å². The van der Waals surface area contributed by atoms with Crippen molar-refractivity contribution in [1.29, 1.82) is 0 Å². The minimum atomic E-state index is 0.104. The largest absolute Gasteiger partial charge is 0.465 e. The Labute approximate surface area is 117 Å².